The Bertz CT molecular complexity index is 508. The van der Waals surface area contributed by atoms with Crippen LogP contribution in [-0.2, 0) is 12.8 Å². The van der Waals surface area contributed by atoms with Crippen LogP contribution in [0.3, 0.4) is 0 Å². The molecule has 4 rings (SSSR count). The molecule has 114 valence electrons. The van der Waals surface area contributed by atoms with Crippen LogP contribution in [0.25, 0.3) is 0 Å². The van der Waals surface area contributed by atoms with E-state index in [1.807, 2.05) is 0 Å². The molecule has 2 fully saturated rings. The van der Waals surface area contributed by atoms with Gasteiger partial charge in [-0.3, -0.25) is 4.90 Å². The number of nitrogens with zero attached hydrogens (tertiary/aromatic N) is 3. The smallest absolute Gasteiger partial charge is 0.128 e. The minimum absolute atomic E-state index is 0.428. The maximum Gasteiger partial charge on any atom is 0.128 e. The minimum Gasteiger partial charge on any atom is -0.355 e. The van der Waals surface area contributed by atoms with E-state index in [0.29, 0.717) is 12.1 Å². The first-order valence-corrected chi connectivity index (χ1v) is 8.53. The molecule has 0 radical (unpaired) electrons. The van der Waals surface area contributed by atoms with Crippen LogP contribution in [-0.4, -0.2) is 48.1 Å². The zero-order valence-corrected chi connectivity index (χ0v) is 12.8. The lowest BCUT2D eigenvalue weighted by atomic mass is 10.0. The normalized spacial score (nSPS) is 27.3. The maximum atomic E-state index is 6.02. The Morgan fingerprint density at radius 1 is 1.05 bits per heavy atom. The summed E-state index contributed by atoms with van der Waals surface area (Å²) in [7, 11) is 0. The summed E-state index contributed by atoms with van der Waals surface area (Å²) >= 11 is 0. The number of aromatic nitrogens is 1. The topological polar surface area (TPSA) is 45.4 Å². The third-order valence-corrected chi connectivity index (χ3v) is 5.49. The first-order chi connectivity index (χ1) is 10.3. The number of aryl methyl sites for hydroxylation is 2. The molecule has 1 aliphatic carbocycles. The van der Waals surface area contributed by atoms with Crippen LogP contribution in [0.4, 0.5) is 5.82 Å². The van der Waals surface area contributed by atoms with Gasteiger partial charge in [-0.1, -0.05) is 6.07 Å². The highest BCUT2D eigenvalue weighted by Gasteiger charge is 2.30. The van der Waals surface area contributed by atoms with Gasteiger partial charge in [-0.05, 0) is 63.2 Å². The van der Waals surface area contributed by atoms with Gasteiger partial charge < -0.3 is 10.6 Å². The van der Waals surface area contributed by atoms with Gasteiger partial charge in [0.25, 0.3) is 0 Å². The Hall–Kier alpha value is -1.13. The molecule has 1 atom stereocenters. The van der Waals surface area contributed by atoms with E-state index >= 15 is 0 Å². The van der Waals surface area contributed by atoms with E-state index in [9.17, 15) is 0 Å². The van der Waals surface area contributed by atoms with E-state index < -0.39 is 0 Å². The third kappa shape index (κ3) is 2.67. The summed E-state index contributed by atoms with van der Waals surface area (Å²) in [5, 5.41) is 0. The molecular formula is C17H26N4. The van der Waals surface area contributed by atoms with Crippen molar-refractivity contribution >= 4 is 5.82 Å². The number of nitrogens with two attached hydrogens (primary N) is 1. The molecule has 0 spiro atoms. The molecule has 3 aliphatic rings. The van der Waals surface area contributed by atoms with Crippen LogP contribution in [0, 0.1) is 0 Å². The fourth-order valence-corrected chi connectivity index (χ4v) is 4.12. The zero-order valence-electron chi connectivity index (χ0n) is 12.8. The van der Waals surface area contributed by atoms with Crippen molar-refractivity contribution in [1.29, 1.82) is 0 Å². The Morgan fingerprint density at radius 3 is 2.76 bits per heavy atom. The first kappa shape index (κ1) is 13.5. The molecule has 0 saturated carbocycles. The molecule has 2 saturated heterocycles. The summed E-state index contributed by atoms with van der Waals surface area (Å²) in [4.78, 5) is 10.0. The van der Waals surface area contributed by atoms with Crippen LogP contribution in [0.5, 0.6) is 0 Å². The maximum absolute atomic E-state index is 6.02. The van der Waals surface area contributed by atoms with Crippen molar-refractivity contribution < 1.29 is 0 Å². The number of pyridine rings is 1. The van der Waals surface area contributed by atoms with Gasteiger partial charge in [-0.25, -0.2) is 4.98 Å². The molecule has 1 aromatic heterocycles. The van der Waals surface area contributed by atoms with E-state index in [1.165, 1.54) is 55.8 Å². The monoisotopic (exact) mass is 286 g/mol. The van der Waals surface area contributed by atoms with Crippen LogP contribution in [0.2, 0.25) is 0 Å². The van der Waals surface area contributed by atoms with Crippen molar-refractivity contribution in [3.8, 4) is 0 Å². The van der Waals surface area contributed by atoms with E-state index in [-0.39, 0.29) is 0 Å². The van der Waals surface area contributed by atoms with Crippen molar-refractivity contribution in [2.45, 2.75) is 50.6 Å². The molecule has 4 heteroatoms. The van der Waals surface area contributed by atoms with Crippen molar-refractivity contribution in [2.75, 3.05) is 31.1 Å². The van der Waals surface area contributed by atoms with Gasteiger partial charge in [0, 0.05) is 30.9 Å². The molecule has 4 nitrogen and oxygen atoms in total. The quantitative estimate of drug-likeness (QED) is 0.896. The molecule has 1 unspecified atom stereocenters. The van der Waals surface area contributed by atoms with Crippen molar-refractivity contribution in [1.82, 2.24) is 9.88 Å². The molecule has 21 heavy (non-hydrogen) atoms. The second kappa shape index (κ2) is 5.58. The number of anilines is 1. The molecule has 3 heterocycles. The van der Waals surface area contributed by atoms with Gasteiger partial charge in [-0.2, -0.15) is 0 Å². The fraction of sp³-hybridized carbons (Fsp3) is 0.706. The number of hydrogen-bond donors (Lipinski definition) is 1. The Balaban J connectivity index is 1.42. The largest absolute Gasteiger partial charge is 0.355 e. The third-order valence-electron chi connectivity index (χ3n) is 5.49. The number of fused-ring (bicyclic) bond motifs is 1. The number of piperidine rings is 1. The van der Waals surface area contributed by atoms with Crippen LogP contribution >= 0.6 is 0 Å². The van der Waals surface area contributed by atoms with E-state index in [2.05, 4.69) is 21.9 Å². The minimum atomic E-state index is 0.428. The van der Waals surface area contributed by atoms with E-state index in [4.69, 9.17) is 10.7 Å². The van der Waals surface area contributed by atoms with Gasteiger partial charge in [0.05, 0.1) is 0 Å². The van der Waals surface area contributed by atoms with Crippen molar-refractivity contribution in [2.24, 2.45) is 5.73 Å². The zero-order chi connectivity index (χ0) is 14.2. The van der Waals surface area contributed by atoms with Crippen LogP contribution < -0.4 is 10.6 Å². The Kier molecular flexibility index (Phi) is 3.59. The summed E-state index contributed by atoms with van der Waals surface area (Å²) in [5.74, 6) is 1.20. The molecule has 0 amide bonds. The van der Waals surface area contributed by atoms with Gasteiger partial charge in [-0.15, -0.1) is 0 Å². The number of hydrogen-bond acceptors (Lipinski definition) is 4. The lowest BCUT2D eigenvalue weighted by molar-refractivity contribution is 0.163. The number of likely N-dealkylation sites (tertiary alicyclic amines) is 1. The second-order valence-electron chi connectivity index (χ2n) is 6.89. The average molecular weight is 286 g/mol. The fourth-order valence-electron chi connectivity index (χ4n) is 4.12. The van der Waals surface area contributed by atoms with Crippen molar-refractivity contribution in [3.05, 3.63) is 23.4 Å². The molecule has 2 N–H and O–H groups in total. The summed E-state index contributed by atoms with van der Waals surface area (Å²) in [6, 6.07) is 5.67. The van der Waals surface area contributed by atoms with E-state index in [1.54, 1.807) is 0 Å². The second-order valence-corrected chi connectivity index (χ2v) is 6.89. The molecule has 0 aromatic carbocycles. The van der Waals surface area contributed by atoms with Crippen LogP contribution in [0.1, 0.15) is 36.9 Å². The highest BCUT2D eigenvalue weighted by molar-refractivity contribution is 5.44. The van der Waals surface area contributed by atoms with E-state index in [0.717, 1.165) is 25.9 Å². The first-order valence-electron chi connectivity index (χ1n) is 8.53. The Morgan fingerprint density at radius 2 is 1.90 bits per heavy atom. The standard InChI is InChI=1S/C17H26N4/c18-14-6-9-20(10-7-14)15-8-11-21(12-15)17-5-4-13-2-1-3-16(13)19-17/h4-5,14-15H,1-3,6-12,18H2. The Labute approximate surface area is 127 Å². The SMILES string of the molecule is NC1CCN(C2CCN(c3ccc4c(n3)CCC4)C2)CC1. The molecule has 0 bridgehead atoms. The van der Waals surface area contributed by atoms with Gasteiger partial charge in [0.1, 0.15) is 5.82 Å². The molecular weight excluding hydrogens is 260 g/mol. The lowest BCUT2D eigenvalue weighted by Crippen LogP contribution is -2.46. The number of rotatable bonds is 2. The summed E-state index contributed by atoms with van der Waals surface area (Å²) in [6.45, 7) is 4.65. The molecule has 1 aromatic rings. The highest BCUT2D eigenvalue weighted by atomic mass is 15.3. The average Bonchev–Trinajstić information content (AvgIpc) is 3.16. The summed E-state index contributed by atoms with van der Waals surface area (Å²) < 4.78 is 0. The lowest BCUT2D eigenvalue weighted by Gasteiger charge is -2.34. The van der Waals surface area contributed by atoms with Gasteiger partial charge in [0.2, 0.25) is 0 Å². The van der Waals surface area contributed by atoms with Crippen molar-refractivity contribution in [3.63, 3.8) is 0 Å². The van der Waals surface area contributed by atoms with Crippen LogP contribution in [0.15, 0.2) is 12.1 Å². The van der Waals surface area contributed by atoms with Gasteiger partial charge >= 0.3 is 0 Å². The predicted molar refractivity (Wildman–Crippen MR) is 85.7 cm³/mol. The summed E-state index contributed by atoms with van der Waals surface area (Å²) in [5.41, 5.74) is 8.84. The highest BCUT2D eigenvalue weighted by Crippen LogP contribution is 2.27. The van der Waals surface area contributed by atoms with Gasteiger partial charge in [0.15, 0.2) is 0 Å². The molecule has 2 aliphatic heterocycles. The predicted octanol–water partition coefficient (Wildman–Crippen LogP) is 1.57. The summed E-state index contributed by atoms with van der Waals surface area (Å²) in [6.07, 6.45) is 7.27.